The summed E-state index contributed by atoms with van der Waals surface area (Å²) >= 11 is 0. The van der Waals surface area contributed by atoms with Crippen molar-refractivity contribution >= 4 is 10.0 Å². The van der Waals surface area contributed by atoms with Crippen molar-refractivity contribution in [2.24, 2.45) is 0 Å². The van der Waals surface area contributed by atoms with E-state index in [0.717, 1.165) is 44.8 Å². The van der Waals surface area contributed by atoms with Gasteiger partial charge in [0.25, 0.3) is 10.0 Å². The molecule has 0 unspecified atom stereocenters. The summed E-state index contributed by atoms with van der Waals surface area (Å²) in [6.07, 6.45) is 1.88. The van der Waals surface area contributed by atoms with Gasteiger partial charge in [-0.05, 0) is 25.0 Å². The minimum absolute atomic E-state index is 0.0875. The van der Waals surface area contributed by atoms with Crippen molar-refractivity contribution in [2.75, 3.05) is 39.3 Å². The lowest BCUT2D eigenvalue weighted by molar-refractivity contribution is 0.210. The van der Waals surface area contributed by atoms with E-state index in [1.165, 1.54) is 4.31 Å². The molecule has 2 saturated heterocycles. The Morgan fingerprint density at radius 1 is 1.10 bits per heavy atom. The highest BCUT2D eigenvalue weighted by atomic mass is 32.2. The summed E-state index contributed by atoms with van der Waals surface area (Å²) in [5.41, 5.74) is 0. The van der Waals surface area contributed by atoms with Crippen molar-refractivity contribution in [1.29, 1.82) is 0 Å². The van der Waals surface area contributed by atoms with E-state index in [-0.39, 0.29) is 5.09 Å². The van der Waals surface area contributed by atoms with Crippen molar-refractivity contribution in [2.45, 2.75) is 24.5 Å². The number of rotatable bonds is 4. The number of furan rings is 1. The van der Waals surface area contributed by atoms with E-state index in [2.05, 4.69) is 10.2 Å². The lowest BCUT2D eigenvalue weighted by Crippen LogP contribution is -2.42. The normalized spacial score (nSPS) is 22.4. The van der Waals surface area contributed by atoms with Gasteiger partial charge in [-0.2, -0.15) is 4.31 Å². The van der Waals surface area contributed by atoms with Gasteiger partial charge in [-0.3, -0.25) is 4.90 Å². The van der Waals surface area contributed by atoms with E-state index in [1.807, 2.05) is 0 Å². The average molecular weight is 299 g/mol. The zero-order valence-corrected chi connectivity index (χ0v) is 12.4. The molecule has 0 aromatic carbocycles. The Hall–Kier alpha value is -0.890. The van der Waals surface area contributed by atoms with Crippen molar-refractivity contribution in [1.82, 2.24) is 14.5 Å². The third-order valence-electron chi connectivity index (χ3n) is 3.89. The number of nitrogens with zero attached hydrogens (tertiary/aromatic N) is 2. The number of nitrogens with one attached hydrogen (secondary N) is 1. The SMILES string of the molecule is O=S(=O)(c1ccc(CN2CCNCC2)o1)N1CCCC1. The van der Waals surface area contributed by atoms with E-state index in [4.69, 9.17) is 4.42 Å². The van der Waals surface area contributed by atoms with Gasteiger partial charge in [-0.15, -0.1) is 0 Å². The second kappa shape index (κ2) is 5.85. The predicted octanol–water partition coefficient (Wildman–Crippen LogP) is 0.469. The molecule has 2 aliphatic heterocycles. The Labute approximate surface area is 119 Å². The molecule has 0 radical (unpaired) electrons. The smallest absolute Gasteiger partial charge is 0.276 e. The molecule has 0 bridgehead atoms. The maximum absolute atomic E-state index is 12.3. The highest BCUT2D eigenvalue weighted by Gasteiger charge is 2.30. The fourth-order valence-electron chi connectivity index (χ4n) is 2.73. The Kier molecular flexibility index (Phi) is 4.11. The van der Waals surface area contributed by atoms with Crippen LogP contribution in [0.5, 0.6) is 0 Å². The van der Waals surface area contributed by atoms with Crippen LogP contribution in [0.1, 0.15) is 18.6 Å². The summed E-state index contributed by atoms with van der Waals surface area (Å²) < 4.78 is 31.8. The third-order valence-corrected chi connectivity index (χ3v) is 5.66. The molecular formula is C13H21N3O3S. The first-order valence-corrected chi connectivity index (χ1v) is 8.62. The van der Waals surface area contributed by atoms with E-state index in [9.17, 15) is 8.42 Å². The third kappa shape index (κ3) is 2.90. The molecule has 7 heteroatoms. The molecule has 1 aromatic rings. The molecule has 0 saturated carbocycles. The van der Waals surface area contributed by atoms with Crippen LogP contribution >= 0.6 is 0 Å². The van der Waals surface area contributed by atoms with Gasteiger partial charge in [0, 0.05) is 39.3 Å². The zero-order valence-electron chi connectivity index (χ0n) is 11.5. The monoisotopic (exact) mass is 299 g/mol. The second-order valence-corrected chi connectivity index (χ2v) is 7.23. The van der Waals surface area contributed by atoms with Crippen LogP contribution in [0.4, 0.5) is 0 Å². The molecular weight excluding hydrogens is 278 g/mol. The number of sulfonamides is 1. The van der Waals surface area contributed by atoms with Crippen LogP contribution in [-0.2, 0) is 16.6 Å². The highest BCUT2D eigenvalue weighted by Crippen LogP contribution is 2.23. The minimum Gasteiger partial charge on any atom is -0.447 e. The topological polar surface area (TPSA) is 65.8 Å². The summed E-state index contributed by atoms with van der Waals surface area (Å²) in [4.78, 5) is 2.27. The predicted molar refractivity (Wildman–Crippen MR) is 74.8 cm³/mol. The molecule has 2 fully saturated rings. The summed E-state index contributed by atoms with van der Waals surface area (Å²) in [7, 11) is -3.42. The lowest BCUT2D eigenvalue weighted by atomic mass is 10.3. The summed E-state index contributed by atoms with van der Waals surface area (Å²) in [6.45, 7) is 5.77. The fourth-order valence-corrected chi connectivity index (χ4v) is 4.17. The quantitative estimate of drug-likeness (QED) is 0.875. The summed E-state index contributed by atoms with van der Waals surface area (Å²) in [6, 6.07) is 3.37. The zero-order chi connectivity index (χ0) is 14.0. The van der Waals surface area contributed by atoms with E-state index in [1.54, 1.807) is 12.1 Å². The van der Waals surface area contributed by atoms with Crippen molar-refractivity contribution in [3.05, 3.63) is 17.9 Å². The molecule has 2 aliphatic rings. The number of hydrogen-bond acceptors (Lipinski definition) is 5. The standard InChI is InChI=1S/C13H21N3O3S/c17-20(18,16-7-1-2-8-16)13-4-3-12(19-13)11-15-9-5-14-6-10-15/h3-4,14H,1-2,5-11H2. The van der Waals surface area contributed by atoms with Gasteiger partial charge in [0.1, 0.15) is 5.76 Å². The average Bonchev–Trinajstić information content (AvgIpc) is 3.11. The number of hydrogen-bond donors (Lipinski definition) is 1. The summed E-state index contributed by atoms with van der Waals surface area (Å²) in [5.74, 6) is 0.727. The van der Waals surface area contributed by atoms with Crippen molar-refractivity contribution in [3.63, 3.8) is 0 Å². The maximum atomic E-state index is 12.3. The van der Waals surface area contributed by atoms with Gasteiger partial charge in [-0.1, -0.05) is 0 Å². The van der Waals surface area contributed by atoms with Crippen LogP contribution in [0, 0.1) is 0 Å². The van der Waals surface area contributed by atoms with Crippen LogP contribution in [0.3, 0.4) is 0 Å². The van der Waals surface area contributed by atoms with Gasteiger partial charge < -0.3 is 9.73 Å². The van der Waals surface area contributed by atoms with Crippen LogP contribution in [0.15, 0.2) is 21.6 Å². The first-order chi connectivity index (χ1) is 9.66. The van der Waals surface area contributed by atoms with Crippen LogP contribution in [0.25, 0.3) is 0 Å². The van der Waals surface area contributed by atoms with Gasteiger partial charge in [0.15, 0.2) is 0 Å². The first-order valence-electron chi connectivity index (χ1n) is 7.18. The Balaban J connectivity index is 1.69. The molecule has 1 aromatic heterocycles. The molecule has 0 spiro atoms. The Morgan fingerprint density at radius 3 is 2.50 bits per heavy atom. The van der Waals surface area contributed by atoms with Gasteiger partial charge in [-0.25, -0.2) is 8.42 Å². The summed E-state index contributed by atoms with van der Waals surface area (Å²) in [5, 5.41) is 3.38. The first kappa shape index (κ1) is 14.1. The van der Waals surface area contributed by atoms with Crippen LogP contribution in [0.2, 0.25) is 0 Å². The molecule has 3 rings (SSSR count). The molecule has 112 valence electrons. The van der Waals surface area contributed by atoms with E-state index in [0.29, 0.717) is 19.6 Å². The molecule has 0 aliphatic carbocycles. The van der Waals surface area contributed by atoms with E-state index < -0.39 is 10.0 Å². The van der Waals surface area contributed by atoms with Crippen molar-refractivity contribution < 1.29 is 12.8 Å². The molecule has 6 nitrogen and oxygen atoms in total. The lowest BCUT2D eigenvalue weighted by Gasteiger charge is -2.26. The molecule has 1 N–H and O–H groups in total. The van der Waals surface area contributed by atoms with Crippen molar-refractivity contribution in [3.8, 4) is 0 Å². The molecule has 0 amide bonds. The second-order valence-electron chi connectivity index (χ2n) is 5.36. The number of piperazine rings is 1. The maximum Gasteiger partial charge on any atom is 0.276 e. The van der Waals surface area contributed by atoms with Gasteiger partial charge >= 0.3 is 0 Å². The van der Waals surface area contributed by atoms with Gasteiger partial charge in [0.2, 0.25) is 5.09 Å². The largest absolute Gasteiger partial charge is 0.447 e. The molecule has 20 heavy (non-hydrogen) atoms. The Morgan fingerprint density at radius 2 is 1.80 bits per heavy atom. The molecule has 3 heterocycles. The minimum atomic E-state index is -3.42. The Bertz CT molecular complexity index is 543. The molecule has 0 atom stereocenters. The van der Waals surface area contributed by atoms with Crippen LogP contribution < -0.4 is 5.32 Å². The van der Waals surface area contributed by atoms with Gasteiger partial charge in [0.05, 0.1) is 6.54 Å². The van der Waals surface area contributed by atoms with E-state index >= 15 is 0 Å². The van der Waals surface area contributed by atoms with Crippen LogP contribution in [-0.4, -0.2) is 56.9 Å². The highest BCUT2D eigenvalue weighted by molar-refractivity contribution is 7.89. The fraction of sp³-hybridized carbons (Fsp3) is 0.692.